The Morgan fingerprint density at radius 1 is 1.21 bits per heavy atom. The van der Waals surface area contributed by atoms with Crippen LogP contribution in [-0.2, 0) is 6.42 Å². The van der Waals surface area contributed by atoms with Crippen molar-refractivity contribution in [2.75, 3.05) is 6.54 Å². The number of hydrogen-bond acceptors (Lipinski definition) is 2. The number of nitrogens with two attached hydrogens (primary N) is 1. The highest BCUT2D eigenvalue weighted by Gasteiger charge is 2.25. The van der Waals surface area contributed by atoms with Crippen molar-refractivity contribution < 1.29 is 4.74 Å². The smallest absolute Gasteiger partial charge is 0.138 e. The fourth-order valence-electron chi connectivity index (χ4n) is 3.11. The Morgan fingerprint density at radius 2 is 1.89 bits per heavy atom. The van der Waals surface area contributed by atoms with Crippen molar-refractivity contribution in [1.29, 1.82) is 0 Å². The first-order valence-corrected chi connectivity index (χ1v) is 7.61. The molecule has 0 bridgehead atoms. The molecule has 0 heterocycles. The SMILES string of the molecule is CC1CC(C)CC(Oc2ccc(CCN)cc2Cl)C1. The summed E-state index contributed by atoms with van der Waals surface area (Å²) in [6, 6.07) is 6.01. The minimum Gasteiger partial charge on any atom is -0.489 e. The van der Waals surface area contributed by atoms with E-state index < -0.39 is 0 Å². The normalized spacial score (nSPS) is 27.3. The van der Waals surface area contributed by atoms with Crippen LogP contribution in [0.2, 0.25) is 5.02 Å². The summed E-state index contributed by atoms with van der Waals surface area (Å²) in [5, 5.41) is 0.705. The van der Waals surface area contributed by atoms with Crippen LogP contribution in [0.1, 0.15) is 38.7 Å². The molecule has 3 heteroatoms. The van der Waals surface area contributed by atoms with Gasteiger partial charge in [0.25, 0.3) is 0 Å². The standard InChI is InChI=1S/C16H24ClNO/c1-11-7-12(2)9-14(8-11)19-16-4-3-13(5-6-18)10-15(16)17/h3-4,10-12,14H,5-9,18H2,1-2H3. The van der Waals surface area contributed by atoms with Crippen molar-refractivity contribution in [3.8, 4) is 5.75 Å². The number of benzene rings is 1. The molecule has 0 spiro atoms. The predicted molar refractivity (Wildman–Crippen MR) is 80.8 cm³/mol. The Morgan fingerprint density at radius 3 is 2.47 bits per heavy atom. The van der Waals surface area contributed by atoms with Crippen LogP contribution in [-0.4, -0.2) is 12.6 Å². The van der Waals surface area contributed by atoms with Crippen LogP contribution in [0.15, 0.2) is 18.2 Å². The molecule has 2 rings (SSSR count). The van der Waals surface area contributed by atoms with E-state index in [0.29, 0.717) is 17.7 Å². The Balaban J connectivity index is 2.02. The summed E-state index contributed by atoms with van der Waals surface area (Å²) in [4.78, 5) is 0. The van der Waals surface area contributed by atoms with E-state index in [4.69, 9.17) is 22.1 Å². The summed E-state index contributed by atoms with van der Waals surface area (Å²) in [6.07, 6.45) is 4.73. The molecule has 0 saturated heterocycles. The van der Waals surface area contributed by atoms with E-state index in [2.05, 4.69) is 19.9 Å². The van der Waals surface area contributed by atoms with E-state index in [1.54, 1.807) is 0 Å². The van der Waals surface area contributed by atoms with Crippen molar-refractivity contribution in [3.05, 3.63) is 28.8 Å². The van der Waals surface area contributed by atoms with Gasteiger partial charge in [-0.05, 0) is 61.8 Å². The van der Waals surface area contributed by atoms with Crippen molar-refractivity contribution in [2.45, 2.75) is 45.6 Å². The summed E-state index contributed by atoms with van der Waals surface area (Å²) in [6.45, 7) is 5.25. The number of halogens is 1. The molecule has 0 aromatic heterocycles. The van der Waals surface area contributed by atoms with E-state index in [-0.39, 0.29) is 0 Å². The number of ether oxygens (including phenoxy) is 1. The highest BCUT2D eigenvalue weighted by Crippen LogP contribution is 2.34. The molecule has 0 amide bonds. The number of hydrogen-bond donors (Lipinski definition) is 1. The van der Waals surface area contributed by atoms with Gasteiger partial charge in [-0.1, -0.05) is 31.5 Å². The third-order valence-corrected chi connectivity index (χ3v) is 4.15. The van der Waals surface area contributed by atoms with Gasteiger partial charge < -0.3 is 10.5 Å². The molecule has 1 aliphatic rings. The van der Waals surface area contributed by atoms with Crippen molar-refractivity contribution in [1.82, 2.24) is 0 Å². The van der Waals surface area contributed by atoms with Crippen LogP contribution in [0.3, 0.4) is 0 Å². The summed E-state index contributed by atoms with van der Waals surface area (Å²) in [7, 11) is 0. The third kappa shape index (κ3) is 4.12. The molecule has 0 aliphatic heterocycles. The lowest BCUT2D eigenvalue weighted by atomic mass is 9.82. The molecular formula is C16H24ClNO. The van der Waals surface area contributed by atoms with Crippen LogP contribution in [0.5, 0.6) is 5.75 Å². The topological polar surface area (TPSA) is 35.2 Å². The second-order valence-electron chi connectivity index (χ2n) is 5.96. The van der Waals surface area contributed by atoms with Crippen LogP contribution >= 0.6 is 11.6 Å². The van der Waals surface area contributed by atoms with Crippen molar-refractivity contribution >= 4 is 11.6 Å². The minimum absolute atomic E-state index is 0.302. The van der Waals surface area contributed by atoms with Crippen LogP contribution in [0.4, 0.5) is 0 Å². The van der Waals surface area contributed by atoms with E-state index in [0.717, 1.165) is 36.8 Å². The number of rotatable bonds is 4. The van der Waals surface area contributed by atoms with Crippen LogP contribution in [0, 0.1) is 11.8 Å². The molecule has 1 aromatic rings. The van der Waals surface area contributed by atoms with Gasteiger partial charge in [0.15, 0.2) is 0 Å². The highest BCUT2D eigenvalue weighted by atomic mass is 35.5. The third-order valence-electron chi connectivity index (χ3n) is 3.86. The van der Waals surface area contributed by atoms with Gasteiger partial charge in [-0.2, -0.15) is 0 Å². The predicted octanol–water partition coefficient (Wildman–Crippen LogP) is 4.04. The molecular weight excluding hydrogens is 258 g/mol. The zero-order chi connectivity index (χ0) is 13.8. The molecule has 1 aromatic carbocycles. The fraction of sp³-hybridized carbons (Fsp3) is 0.625. The van der Waals surface area contributed by atoms with E-state index >= 15 is 0 Å². The largest absolute Gasteiger partial charge is 0.489 e. The van der Waals surface area contributed by atoms with Crippen molar-refractivity contribution in [2.24, 2.45) is 17.6 Å². The molecule has 2 atom stereocenters. The van der Waals surface area contributed by atoms with Gasteiger partial charge in [0.1, 0.15) is 5.75 Å². The van der Waals surface area contributed by atoms with E-state index in [1.165, 1.54) is 12.0 Å². The molecule has 106 valence electrons. The van der Waals surface area contributed by atoms with Gasteiger partial charge in [0, 0.05) is 0 Å². The van der Waals surface area contributed by atoms with Crippen LogP contribution in [0.25, 0.3) is 0 Å². The van der Waals surface area contributed by atoms with E-state index in [1.807, 2.05) is 12.1 Å². The van der Waals surface area contributed by atoms with Gasteiger partial charge in [0.2, 0.25) is 0 Å². The zero-order valence-electron chi connectivity index (χ0n) is 11.9. The van der Waals surface area contributed by atoms with E-state index in [9.17, 15) is 0 Å². The first-order chi connectivity index (χ1) is 9.08. The molecule has 0 radical (unpaired) electrons. The Kier molecular flexibility index (Phi) is 5.12. The first-order valence-electron chi connectivity index (χ1n) is 7.23. The average molecular weight is 282 g/mol. The summed E-state index contributed by atoms with van der Waals surface area (Å²) >= 11 is 6.29. The lowest BCUT2D eigenvalue weighted by molar-refractivity contribution is 0.101. The van der Waals surface area contributed by atoms with Gasteiger partial charge in [-0.15, -0.1) is 0 Å². The lowest BCUT2D eigenvalue weighted by Gasteiger charge is -2.32. The molecule has 1 saturated carbocycles. The molecule has 2 N–H and O–H groups in total. The second-order valence-corrected chi connectivity index (χ2v) is 6.37. The zero-order valence-corrected chi connectivity index (χ0v) is 12.6. The maximum absolute atomic E-state index is 6.29. The molecule has 1 fully saturated rings. The summed E-state index contributed by atoms with van der Waals surface area (Å²) < 4.78 is 6.10. The Labute approximate surface area is 121 Å². The Bertz CT molecular complexity index is 411. The van der Waals surface area contributed by atoms with Gasteiger partial charge in [-0.25, -0.2) is 0 Å². The minimum atomic E-state index is 0.302. The van der Waals surface area contributed by atoms with Crippen LogP contribution < -0.4 is 10.5 Å². The average Bonchev–Trinajstić information content (AvgIpc) is 2.32. The maximum atomic E-state index is 6.29. The lowest BCUT2D eigenvalue weighted by Crippen LogP contribution is -2.28. The highest BCUT2D eigenvalue weighted by molar-refractivity contribution is 6.32. The molecule has 2 nitrogen and oxygen atoms in total. The Hall–Kier alpha value is -0.730. The molecule has 2 unspecified atom stereocenters. The molecule has 19 heavy (non-hydrogen) atoms. The first kappa shape index (κ1) is 14.7. The van der Waals surface area contributed by atoms with Gasteiger partial charge >= 0.3 is 0 Å². The molecule has 1 aliphatic carbocycles. The second kappa shape index (κ2) is 6.62. The summed E-state index contributed by atoms with van der Waals surface area (Å²) in [5.74, 6) is 2.29. The van der Waals surface area contributed by atoms with Gasteiger partial charge in [-0.3, -0.25) is 0 Å². The maximum Gasteiger partial charge on any atom is 0.138 e. The quantitative estimate of drug-likeness (QED) is 0.904. The fourth-order valence-corrected chi connectivity index (χ4v) is 3.36. The van der Waals surface area contributed by atoms with Crippen molar-refractivity contribution in [3.63, 3.8) is 0 Å². The monoisotopic (exact) mass is 281 g/mol. The van der Waals surface area contributed by atoms with Gasteiger partial charge in [0.05, 0.1) is 11.1 Å². The summed E-state index contributed by atoms with van der Waals surface area (Å²) in [5.41, 5.74) is 6.73.